The lowest BCUT2D eigenvalue weighted by atomic mass is 10.1. The fourth-order valence-electron chi connectivity index (χ4n) is 2.53. The number of aryl methyl sites for hydroxylation is 1. The SMILES string of the molecule is Cc1cc(-c2oc3cc(O)cc(O)c3c(=O)c2OCP(=O)(O)O)ccc1O. The number of phenolic OH excluding ortho intramolecular Hbond substituents is 3. The minimum atomic E-state index is -4.61. The van der Waals surface area contributed by atoms with Gasteiger partial charge in [0.1, 0.15) is 28.2 Å². The lowest BCUT2D eigenvalue weighted by Gasteiger charge is -2.13. The van der Waals surface area contributed by atoms with Gasteiger partial charge in [0, 0.05) is 17.7 Å². The highest BCUT2D eigenvalue weighted by Gasteiger charge is 2.24. The molecule has 0 saturated heterocycles. The Bertz CT molecular complexity index is 1140. The molecule has 0 fully saturated rings. The number of aromatic hydroxyl groups is 3. The number of phenols is 3. The third kappa shape index (κ3) is 3.75. The molecule has 10 heteroatoms. The molecule has 0 spiro atoms. The van der Waals surface area contributed by atoms with Crippen molar-refractivity contribution < 1.29 is 38.8 Å². The molecule has 0 atom stereocenters. The summed E-state index contributed by atoms with van der Waals surface area (Å²) in [4.78, 5) is 30.9. The average molecular weight is 394 g/mol. The van der Waals surface area contributed by atoms with E-state index in [1.165, 1.54) is 18.2 Å². The van der Waals surface area contributed by atoms with Gasteiger partial charge in [-0.15, -0.1) is 0 Å². The van der Waals surface area contributed by atoms with Gasteiger partial charge < -0.3 is 34.3 Å². The van der Waals surface area contributed by atoms with Crippen molar-refractivity contribution in [2.45, 2.75) is 6.92 Å². The molecule has 0 aliphatic heterocycles. The number of rotatable bonds is 4. The molecule has 0 saturated carbocycles. The second-order valence-corrected chi connectivity index (χ2v) is 7.45. The molecule has 1 heterocycles. The molecule has 142 valence electrons. The Balaban J connectivity index is 2.33. The first-order chi connectivity index (χ1) is 12.6. The largest absolute Gasteiger partial charge is 0.508 e. The summed E-state index contributed by atoms with van der Waals surface area (Å²) in [5.74, 6) is -1.62. The van der Waals surface area contributed by atoms with Gasteiger partial charge in [0.05, 0.1) is 0 Å². The van der Waals surface area contributed by atoms with E-state index < -0.39 is 30.9 Å². The number of ether oxygens (including phenoxy) is 1. The van der Waals surface area contributed by atoms with Crippen LogP contribution in [0.1, 0.15) is 5.56 Å². The molecule has 0 unspecified atom stereocenters. The topological polar surface area (TPSA) is 158 Å². The van der Waals surface area contributed by atoms with Gasteiger partial charge in [-0.25, -0.2) is 0 Å². The maximum absolute atomic E-state index is 12.8. The van der Waals surface area contributed by atoms with Gasteiger partial charge >= 0.3 is 7.60 Å². The summed E-state index contributed by atoms with van der Waals surface area (Å²) in [5.41, 5.74) is -0.285. The van der Waals surface area contributed by atoms with Crippen molar-refractivity contribution in [2.24, 2.45) is 0 Å². The van der Waals surface area contributed by atoms with E-state index >= 15 is 0 Å². The maximum atomic E-state index is 12.8. The van der Waals surface area contributed by atoms with Crippen molar-refractivity contribution in [2.75, 3.05) is 6.35 Å². The summed E-state index contributed by atoms with van der Waals surface area (Å²) >= 11 is 0. The number of benzene rings is 2. The van der Waals surface area contributed by atoms with Gasteiger partial charge in [0.2, 0.25) is 11.2 Å². The molecule has 0 radical (unpaired) electrons. The Labute approximate surface area is 151 Å². The lowest BCUT2D eigenvalue weighted by molar-refractivity contribution is 0.296. The quantitative estimate of drug-likeness (QED) is 0.419. The number of hydrogen-bond acceptors (Lipinski definition) is 7. The number of fused-ring (bicyclic) bond motifs is 1. The van der Waals surface area contributed by atoms with E-state index in [0.29, 0.717) is 5.56 Å². The summed E-state index contributed by atoms with van der Waals surface area (Å²) < 4.78 is 21.8. The molecule has 0 aliphatic rings. The molecular formula is C17H15O9P. The van der Waals surface area contributed by atoms with Crippen LogP contribution in [0.15, 0.2) is 39.5 Å². The number of hydrogen-bond donors (Lipinski definition) is 5. The smallest absolute Gasteiger partial charge is 0.362 e. The normalized spacial score (nSPS) is 11.7. The Morgan fingerprint density at radius 1 is 1.07 bits per heavy atom. The van der Waals surface area contributed by atoms with E-state index in [1.807, 2.05) is 0 Å². The lowest BCUT2D eigenvalue weighted by Crippen LogP contribution is -2.11. The van der Waals surface area contributed by atoms with E-state index in [-0.39, 0.29) is 33.8 Å². The molecule has 9 nitrogen and oxygen atoms in total. The van der Waals surface area contributed by atoms with Crippen LogP contribution in [0.3, 0.4) is 0 Å². The van der Waals surface area contributed by atoms with Gasteiger partial charge in [-0.2, -0.15) is 0 Å². The summed E-state index contributed by atoms with van der Waals surface area (Å²) in [6, 6.07) is 6.28. The molecule has 0 aliphatic carbocycles. The molecule has 3 aromatic rings. The molecular weight excluding hydrogens is 379 g/mol. The zero-order valence-corrected chi connectivity index (χ0v) is 14.8. The van der Waals surface area contributed by atoms with Crippen LogP contribution in [-0.2, 0) is 4.57 Å². The van der Waals surface area contributed by atoms with Crippen molar-refractivity contribution in [3.05, 3.63) is 46.1 Å². The Morgan fingerprint density at radius 2 is 1.78 bits per heavy atom. The van der Waals surface area contributed by atoms with Gasteiger partial charge in [0.15, 0.2) is 12.1 Å². The first-order valence-electron chi connectivity index (χ1n) is 7.57. The Morgan fingerprint density at radius 3 is 2.41 bits per heavy atom. The van der Waals surface area contributed by atoms with E-state index in [9.17, 15) is 24.7 Å². The van der Waals surface area contributed by atoms with Crippen LogP contribution >= 0.6 is 7.60 Å². The predicted molar refractivity (Wildman–Crippen MR) is 95.2 cm³/mol. The average Bonchev–Trinajstić information content (AvgIpc) is 2.54. The van der Waals surface area contributed by atoms with E-state index in [4.69, 9.17) is 18.9 Å². The van der Waals surface area contributed by atoms with Gasteiger partial charge in [-0.3, -0.25) is 9.36 Å². The van der Waals surface area contributed by atoms with E-state index in [1.54, 1.807) is 6.92 Å². The summed E-state index contributed by atoms with van der Waals surface area (Å²) in [5, 5.41) is 29.0. The Kier molecular flexibility index (Phi) is 4.61. The molecule has 0 amide bonds. The van der Waals surface area contributed by atoms with Crippen LogP contribution in [-0.4, -0.2) is 31.5 Å². The summed E-state index contributed by atoms with van der Waals surface area (Å²) in [6.45, 7) is 1.60. The third-order valence-corrected chi connectivity index (χ3v) is 4.22. The van der Waals surface area contributed by atoms with Crippen LogP contribution in [0, 0.1) is 6.92 Å². The predicted octanol–water partition coefficient (Wildman–Crippen LogP) is 2.40. The standard InChI is InChI=1S/C17H15O9P/c1-8-4-9(2-3-11(8)19)16-17(25-7-27(22,23)24)15(21)14-12(20)5-10(18)6-13(14)26-16/h2-6,18-20H,7H2,1H3,(H2,22,23,24). The molecule has 5 N–H and O–H groups in total. The molecule has 0 bridgehead atoms. The minimum Gasteiger partial charge on any atom is -0.508 e. The maximum Gasteiger partial charge on any atom is 0.362 e. The zero-order valence-electron chi connectivity index (χ0n) is 13.9. The zero-order chi connectivity index (χ0) is 19.9. The van der Waals surface area contributed by atoms with Crippen LogP contribution in [0.4, 0.5) is 0 Å². The van der Waals surface area contributed by atoms with E-state index in [0.717, 1.165) is 12.1 Å². The second-order valence-electron chi connectivity index (χ2n) is 5.87. The Hall–Kier alpha value is -3.00. The highest BCUT2D eigenvalue weighted by Crippen LogP contribution is 2.39. The van der Waals surface area contributed by atoms with E-state index in [2.05, 4.69) is 0 Å². The first-order valence-corrected chi connectivity index (χ1v) is 9.37. The van der Waals surface area contributed by atoms with Crippen LogP contribution in [0.25, 0.3) is 22.3 Å². The van der Waals surface area contributed by atoms with Crippen molar-refractivity contribution in [3.8, 4) is 34.3 Å². The fraction of sp³-hybridized carbons (Fsp3) is 0.118. The highest BCUT2D eigenvalue weighted by atomic mass is 31.2. The van der Waals surface area contributed by atoms with Gasteiger partial charge in [0.25, 0.3) is 0 Å². The molecule has 3 rings (SSSR count). The summed E-state index contributed by atoms with van der Waals surface area (Å²) in [6.07, 6.45) is -1.08. The third-order valence-electron chi connectivity index (χ3n) is 3.75. The van der Waals surface area contributed by atoms with Crippen LogP contribution in [0.2, 0.25) is 0 Å². The van der Waals surface area contributed by atoms with Crippen molar-refractivity contribution in [3.63, 3.8) is 0 Å². The van der Waals surface area contributed by atoms with Crippen molar-refractivity contribution in [1.29, 1.82) is 0 Å². The van der Waals surface area contributed by atoms with Crippen molar-refractivity contribution >= 4 is 18.6 Å². The van der Waals surface area contributed by atoms with Crippen LogP contribution in [0.5, 0.6) is 23.0 Å². The molecule has 2 aromatic carbocycles. The molecule has 1 aromatic heterocycles. The van der Waals surface area contributed by atoms with Crippen LogP contribution < -0.4 is 10.2 Å². The second kappa shape index (κ2) is 6.62. The minimum absolute atomic E-state index is 0.00476. The highest BCUT2D eigenvalue weighted by molar-refractivity contribution is 7.51. The summed E-state index contributed by atoms with van der Waals surface area (Å²) in [7, 11) is -4.61. The first kappa shape index (κ1) is 18.8. The van der Waals surface area contributed by atoms with Gasteiger partial charge in [-0.1, -0.05) is 0 Å². The van der Waals surface area contributed by atoms with Gasteiger partial charge in [-0.05, 0) is 30.7 Å². The molecule has 27 heavy (non-hydrogen) atoms. The van der Waals surface area contributed by atoms with Crippen molar-refractivity contribution in [1.82, 2.24) is 0 Å². The monoisotopic (exact) mass is 394 g/mol. The fourth-order valence-corrected chi connectivity index (χ4v) is 2.83.